The average molecular weight is 418 g/mol. The Hall–Kier alpha value is -2.61. The predicted molar refractivity (Wildman–Crippen MR) is 106 cm³/mol. The molecule has 2 heterocycles. The van der Waals surface area contributed by atoms with Crippen LogP contribution >= 0.6 is 15.9 Å². The molecule has 0 radical (unpaired) electrons. The zero-order valence-electron chi connectivity index (χ0n) is 15.0. The third-order valence-corrected chi connectivity index (χ3v) is 4.51. The van der Waals surface area contributed by atoms with Crippen molar-refractivity contribution in [1.29, 1.82) is 0 Å². The van der Waals surface area contributed by atoms with Gasteiger partial charge in [-0.3, -0.25) is 5.32 Å². The van der Waals surface area contributed by atoms with E-state index in [1.807, 2.05) is 56.7 Å². The number of fused-ring (bicyclic) bond motifs is 1. The first-order valence-corrected chi connectivity index (χ1v) is 8.81. The first kappa shape index (κ1) is 18.2. The molecule has 0 atom stereocenters. The van der Waals surface area contributed by atoms with Crippen LogP contribution in [0.3, 0.4) is 0 Å². The van der Waals surface area contributed by atoms with Crippen LogP contribution in [-0.4, -0.2) is 26.2 Å². The van der Waals surface area contributed by atoms with Gasteiger partial charge in [0.15, 0.2) is 0 Å². The third-order valence-electron chi connectivity index (χ3n) is 3.74. The number of hydrogen-bond donors (Lipinski definition) is 2. The molecule has 3 aromatic rings. The number of carbonyl (C=O) groups is 1. The molecule has 2 aromatic heterocycles. The Bertz CT molecular complexity index is 974. The number of benzene rings is 1. The highest BCUT2D eigenvalue weighted by atomic mass is 79.9. The molecule has 3 N–H and O–H groups in total. The van der Waals surface area contributed by atoms with Crippen molar-refractivity contribution in [2.75, 3.05) is 11.1 Å². The highest BCUT2D eigenvalue weighted by Gasteiger charge is 2.19. The molecule has 0 saturated heterocycles. The molecular weight excluding hydrogens is 398 g/mol. The Labute approximate surface area is 159 Å². The number of nitrogens with one attached hydrogen (secondary N) is 1. The van der Waals surface area contributed by atoms with E-state index in [-0.39, 0.29) is 0 Å². The maximum Gasteiger partial charge on any atom is 0.412 e. The number of nitrogens with two attached hydrogens (primary N) is 1. The lowest BCUT2D eigenvalue weighted by atomic mass is 10.1. The van der Waals surface area contributed by atoms with E-state index in [0.717, 1.165) is 26.8 Å². The van der Waals surface area contributed by atoms with Gasteiger partial charge in [0.2, 0.25) is 0 Å². The van der Waals surface area contributed by atoms with Gasteiger partial charge in [-0.1, -0.05) is 12.1 Å². The lowest BCUT2D eigenvalue weighted by Crippen LogP contribution is -2.27. The number of hydrogen-bond acceptors (Lipinski definition) is 5. The van der Waals surface area contributed by atoms with E-state index in [1.165, 1.54) is 6.33 Å². The monoisotopic (exact) mass is 417 g/mol. The number of nitrogen functional groups attached to an aromatic ring is 1. The Morgan fingerprint density at radius 2 is 1.88 bits per heavy atom. The first-order valence-electron chi connectivity index (χ1n) is 8.02. The van der Waals surface area contributed by atoms with Gasteiger partial charge in [0, 0.05) is 12.7 Å². The van der Waals surface area contributed by atoms with Crippen molar-refractivity contribution in [2.24, 2.45) is 7.05 Å². The summed E-state index contributed by atoms with van der Waals surface area (Å²) in [5.41, 5.74) is 8.72. The molecule has 0 fully saturated rings. The molecule has 26 heavy (non-hydrogen) atoms. The van der Waals surface area contributed by atoms with E-state index in [2.05, 4.69) is 31.2 Å². The van der Waals surface area contributed by atoms with Crippen molar-refractivity contribution < 1.29 is 9.53 Å². The second-order valence-corrected chi connectivity index (χ2v) is 7.68. The number of anilines is 2. The third kappa shape index (κ3) is 3.50. The van der Waals surface area contributed by atoms with Crippen LogP contribution in [0.2, 0.25) is 0 Å². The molecule has 3 rings (SSSR count). The molecular formula is C18H20BrN5O2. The molecule has 1 aromatic carbocycles. The molecule has 0 bridgehead atoms. The number of amides is 1. The van der Waals surface area contributed by atoms with Gasteiger partial charge < -0.3 is 15.0 Å². The van der Waals surface area contributed by atoms with Crippen LogP contribution in [0.15, 0.2) is 35.1 Å². The van der Waals surface area contributed by atoms with Crippen molar-refractivity contribution in [3.8, 4) is 11.3 Å². The van der Waals surface area contributed by atoms with Crippen LogP contribution in [-0.2, 0) is 11.8 Å². The number of aryl methyl sites for hydroxylation is 1. The number of aromatic nitrogens is 3. The minimum atomic E-state index is -0.543. The maximum atomic E-state index is 11.9. The fraction of sp³-hybridized carbons (Fsp3) is 0.278. The van der Waals surface area contributed by atoms with E-state index in [4.69, 9.17) is 10.5 Å². The number of halogens is 1. The minimum absolute atomic E-state index is 0.423. The Kier molecular flexibility index (Phi) is 4.62. The van der Waals surface area contributed by atoms with Crippen molar-refractivity contribution in [2.45, 2.75) is 26.4 Å². The van der Waals surface area contributed by atoms with Crippen molar-refractivity contribution in [1.82, 2.24) is 14.5 Å². The summed E-state index contributed by atoms with van der Waals surface area (Å²) < 4.78 is 8.04. The predicted octanol–water partition coefficient (Wildman–Crippen LogP) is 4.33. The van der Waals surface area contributed by atoms with Crippen molar-refractivity contribution in [3.63, 3.8) is 0 Å². The van der Waals surface area contributed by atoms with Crippen LogP contribution in [0, 0.1) is 0 Å². The van der Waals surface area contributed by atoms with E-state index >= 15 is 0 Å². The standard InChI is InChI=1S/C18H20BrN5O2/c1-18(2,3)26-17(25)23-11-7-5-10(6-8-11)14-13(19)12-15(20)21-9-22-16(12)24(14)4/h5-9H,1-4H3,(H,23,25)(H2,20,21,22). The zero-order valence-corrected chi connectivity index (χ0v) is 16.6. The summed E-state index contributed by atoms with van der Waals surface area (Å²) in [6.07, 6.45) is 0.959. The van der Waals surface area contributed by atoms with Gasteiger partial charge in [0.25, 0.3) is 0 Å². The minimum Gasteiger partial charge on any atom is -0.444 e. The van der Waals surface area contributed by atoms with Gasteiger partial charge in [-0.2, -0.15) is 0 Å². The maximum absolute atomic E-state index is 11.9. The molecule has 0 aliphatic rings. The van der Waals surface area contributed by atoms with Crippen LogP contribution in [0.5, 0.6) is 0 Å². The molecule has 0 unspecified atom stereocenters. The largest absolute Gasteiger partial charge is 0.444 e. The fourth-order valence-electron chi connectivity index (χ4n) is 2.68. The molecule has 8 heteroatoms. The van der Waals surface area contributed by atoms with Gasteiger partial charge in [-0.25, -0.2) is 14.8 Å². The quantitative estimate of drug-likeness (QED) is 0.646. The van der Waals surface area contributed by atoms with Crippen LogP contribution in [0.25, 0.3) is 22.3 Å². The Morgan fingerprint density at radius 3 is 2.46 bits per heavy atom. The zero-order chi connectivity index (χ0) is 19.1. The second kappa shape index (κ2) is 6.60. The normalized spacial score (nSPS) is 11.6. The lowest BCUT2D eigenvalue weighted by Gasteiger charge is -2.19. The lowest BCUT2D eigenvalue weighted by molar-refractivity contribution is 0.0636. The first-order chi connectivity index (χ1) is 12.2. The summed E-state index contributed by atoms with van der Waals surface area (Å²) in [4.78, 5) is 20.2. The van der Waals surface area contributed by atoms with Gasteiger partial charge in [0.05, 0.1) is 15.6 Å². The van der Waals surface area contributed by atoms with Crippen molar-refractivity contribution >= 4 is 44.6 Å². The van der Waals surface area contributed by atoms with E-state index < -0.39 is 11.7 Å². The van der Waals surface area contributed by atoms with Crippen LogP contribution in [0.1, 0.15) is 20.8 Å². The molecule has 0 aliphatic heterocycles. The summed E-state index contributed by atoms with van der Waals surface area (Å²) in [7, 11) is 1.92. The molecule has 0 aliphatic carbocycles. The molecule has 1 amide bonds. The van der Waals surface area contributed by atoms with Gasteiger partial charge in [-0.15, -0.1) is 0 Å². The molecule has 0 spiro atoms. The highest BCUT2D eigenvalue weighted by molar-refractivity contribution is 9.10. The van der Waals surface area contributed by atoms with Gasteiger partial charge in [0.1, 0.15) is 23.4 Å². The van der Waals surface area contributed by atoms with E-state index in [9.17, 15) is 4.79 Å². The Morgan fingerprint density at radius 1 is 1.23 bits per heavy atom. The summed E-state index contributed by atoms with van der Waals surface area (Å²) in [5.74, 6) is 0.423. The molecule has 0 saturated carbocycles. The van der Waals surface area contributed by atoms with Crippen LogP contribution < -0.4 is 11.1 Å². The summed E-state index contributed by atoms with van der Waals surface area (Å²) in [5, 5.41) is 3.50. The van der Waals surface area contributed by atoms with Gasteiger partial charge in [-0.05, 0) is 54.4 Å². The summed E-state index contributed by atoms with van der Waals surface area (Å²) >= 11 is 3.61. The van der Waals surface area contributed by atoms with E-state index in [0.29, 0.717) is 11.5 Å². The van der Waals surface area contributed by atoms with Gasteiger partial charge >= 0.3 is 6.09 Å². The number of rotatable bonds is 2. The molecule has 7 nitrogen and oxygen atoms in total. The fourth-order valence-corrected chi connectivity index (χ4v) is 3.55. The Balaban J connectivity index is 1.91. The topological polar surface area (TPSA) is 95.1 Å². The summed E-state index contributed by atoms with van der Waals surface area (Å²) in [6.45, 7) is 5.46. The number of nitrogens with zero attached hydrogens (tertiary/aromatic N) is 3. The SMILES string of the molecule is Cn1c(-c2ccc(NC(=O)OC(C)(C)C)cc2)c(Br)c2c(N)ncnc21. The molecule has 136 valence electrons. The summed E-state index contributed by atoms with van der Waals surface area (Å²) in [6, 6.07) is 7.46. The number of ether oxygens (including phenoxy) is 1. The second-order valence-electron chi connectivity index (χ2n) is 6.88. The smallest absolute Gasteiger partial charge is 0.412 e. The number of carbonyl (C=O) groups excluding carboxylic acids is 1. The van der Waals surface area contributed by atoms with Crippen LogP contribution in [0.4, 0.5) is 16.3 Å². The van der Waals surface area contributed by atoms with E-state index in [1.54, 1.807) is 0 Å². The van der Waals surface area contributed by atoms with Crippen molar-refractivity contribution in [3.05, 3.63) is 35.1 Å². The highest BCUT2D eigenvalue weighted by Crippen LogP contribution is 2.38. The average Bonchev–Trinajstić information content (AvgIpc) is 2.79.